The number of aromatic nitrogens is 3. The van der Waals surface area contributed by atoms with E-state index >= 15 is 0 Å². The third-order valence-corrected chi connectivity index (χ3v) is 6.66. The number of carbonyl (C=O) groups excluding carboxylic acids is 2. The summed E-state index contributed by atoms with van der Waals surface area (Å²) < 4.78 is 1.97. The molecule has 0 unspecified atom stereocenters. The molecule has 1 aromatic heterocycles. The van der Waals surface area contributed by atoms with E-state index < -0.39 is 0 Å². The van der Waals surface area contributed by atoms with Crippen LogP contribution in [0.2, 0.25) is 0 Å². The quantitative estimate of drug-likeness (QED) is 0.784. The number of aryl methyl sites for hydroxylation is 1. The molecule has 3 heterocycles. The number of amides is 2. The van der Waals surface area contributed by atoms with E-state index in [0.717, 1.165) is 31.8 Å². The van der Waals surface area contributed by atoms with Crippen molar-refractivity contribution in [1.82, 2.24) is 30.3 Å². The first-order valence-electron chi connectivity index (χ1n) is 10.8. The summed E-state index contributed by atoms with van der Waals surface area (Å²) in [4.78, 5) is 27.1. The van der Waals surface area contributed by atoms with Crippen molar-refractivity contribution in [2.45, 2.75) is 69.4 Å². The summed E-state index contributed by atoms with van der Waals surface area (Å²) in [5.74, 6) is 2.26. The molecule has 8 heteroatoms. The monoisotopic (exact) mass is 388 g/mol. The van der Waals surface area contributed by atoms with Crippen molar-refractivity contribution in [1.29, 1.82) is 0 Å². The van der Waals surface area contributed by atoms with Crippen molar-refractivity contribution in [3.05, 3.63) is 12.2 Å². The molecule has 3 fully saturated rings. The fourth-order valence-electron chi connectivity index (χ4n) is 5.04. The lowest BCUT2D eigenvalue weighted by Gasteiger charge is -2.33. The lowest BCUT2D eigenvalue weighted by molar-refractivity contribution is -0.134. The summed E-state index contributed by atoms with van der Waals surface area (Å²) in [5, 5.41) is 14.6. The Morgan fingerprint density at radius 1 is 1.21 bits per heavy atom. The molecule has 0 bridgehead atoms. The summed E-state index contributed by atoms with van der Waals surface area (Å²) in [7, 11) is 1.97. The van der Waals surface area contributed by atoms with Gasteiger partial charge in [-0.1, -0.05) is 12.8 Å². The van der Waals surface area contributed by atoms with Gasteiger partial charge in [-0.2, -0.15) is 0 Å². The van der Waals surface area contributed by atoms with Crippen molar-refractivity contribution in [3.8, 4) is 0 Å². The minimum atomic E-state index is -0.178. The third kappa shape index (κ3) is 4.37. The van der Waals surface area contributed by atoms with Gasteiger partial charge in [0.25, 0.3) is 0 Å². The van der Waals surface area contributed by atoms with Gasteiger partial charge in [-0.15, -0.1) is 10.2 Å². The molecule has 0 radical (unpaired) electrons. The molecule has 2 N–H and O–H groups in total. The van der Waals surface area contributed by atoms with Gasteiger partial charge in [0.2, 0.25) is 11.8 Å². The second-order valence-electron chi connectivity index (χ2n) is 8.72. The van der Waals surface area contributed by atoms with Crippen LogP contribution in [0.15, 0.2) is 6.33 Å². The van der Waals surface area contributed by atoms with Crippen molar-refractivity contribution in [2.24, 2.45) is 13.0 Å². The Labute approximate surface area is 166 Å². The van der Waals surface area contributed by atoms with Crippen LogP contribution in [0.3, 0.4) is 0 Å². The van der Waals surface area contributed by atoms with Crippen LogP contribution < -0.4 is 10.6 Å². The largest absolute Gasteiger partial charge is 0.352 e. The van der Waals surface area contributed by atoms with Gasteiger partial charge in [-0.25, -0.2) is 0 Å². The molecular weight excluding hydrogens is 356 g/mol. The fraction of sp³-hybridized carbons (Fsp3) is 0.800. The van der Waals surface area contributed by atoms with Crippen LogP contribution in [0.1, 0.15) is 63.1 Å². The Bertz CT molecular complexity index is 691. The predicted molar refractivity (Wildman–Crippen MR) is 104 cm³/mol. The zero-order chi connectivity index (χ0) is 19.5. The summed E-state index contributed by atoms with van der Waals surface area (Å²) in [6.07, 6.45) is 9.79. The van der Waals surface area contributed by atoms with Crippen LogP contribution in [0.4, 0.5) is 0 Å². The Balaban J connectivity index is 1.21. The van der Waals surface area contributed by atoms with E-state index in [9.17, 15) is 9.59 Å². The molecule has 2 atom stereocenters. The number of nitrogens with zero attached hydrogens (tertiary/aromatic N) is 4. The summed E-state index contributed by atoms with van der Waals surface area (Å²) in [5.41, 5.74) is 0. The normalized spacial score (nSPS) is 26.7. The Morgan fingerprint density at radius 2 is 1.96 bits per heavy atom. The zero-order valence-electron chi connectivity index (χ0n) is 16.8. The fourth-order valence-corrected chi connectivity index (χ4v) is 5.04. The molecule has 28 heavy (non-hydrogen) atoms. The maximum atomic E-state index is 12.9. The Morgan fingerprint density at radius 3 is 2.64 bits per heavy atom. The van der Waals surface area contributed by atoms with Crippen LogP contribution in [0.25, 0.3) is 0 Å². The first-order chi connectivity index (χ1) is 13.6. The van der Waals surface area contributed by atoms with E-state index in [1.165, 1.54) is 25.7 Å². The van der Waals surface area contributed by atoms with Crippen LogP contribution in [-0.4, -0.2) is 63.2 Å². The van der Waals surface area contributed by atoms with Crippen LogP contribution in [0, 0.1) is 5.92 Å². The van der Waals surface area contributed by atoms with Gasteiger partial charge in [-0.3, -0.25) is 9.59 Å². The molecular formula is C20H32N6O2. The number of rotatable bonds is 5. The highest BCUT2D eigenvalue weighted by Crippen LogP contribution is 2.28. The van der Waals surface area contributed by atoms with Crippen molar-refractivity contribution >= 4 is 11.8 Å². The first-order valence-corrected chi connectivity index (χ1v) is 10.8. The Kier molecular flexibility index (Phi) is 5.94. The second-order valence-corrected chi connectivity index (χ2v) is 8.72. The van der Waals surface area contributed by atoms with Gasteiger partial charge in [0.1, 0.15) is 12.2 Å². The van der Waals surface area contributed by atoms with Gasteiger partial charge in [0.05, 0.1) is 6.04 Å². The standard InChI is InChI=1S/C20H32N6O2/c1-25-13-22-24-19(25)15-6-8-26(9-7-15)20(28)17-11-16(12-21-17)23-18(27)10-14-4-2-3-5-14/h13-17,21H,2-12H2,1H3,(H,23,27)/t16-,17+/m1/s1. The molecule has 2 saturated heterocycles. The second kappa shape index (κ2) is 8.59. The predicted octanol–water partition coefficient (Wildman–Crippen LogP) is 0.948. The van der Waals surface area contributed by atoms with E-state index in [1.807, 2.05) is 16.5 Å². The molecule has 1 aliphatic carbocycles. The number of piperidine rings is 1. The summed E-state index contributed by atoms with van der Waals surface area (Å²) >= 11 is 0. The molecule has 4 rings (SSSR count). The number of hydrogen-bond acceptors (Lipinski definition) is 5. The minimum Gasteiger partial charge on any atom is -0.352 e. The average molecular weight is 389 g/mol. The van der Waals surface area contributed by atoms with E-state index in [2.05, 4.69) is 20.8 Å². The van der Waals surface area contributed by atoms with Crippen molar-refractivity contribution < 1.29 is 9.59 Å². The van der Waals surface area contributed by atoms with Crippen molar-refractivity contribution in [3.63, 3.8) is 0 Å². The van der Waals surface area contributed by atoms with Gasteiger partial charge < -0.3 is 20.1 Å². The minimum absolute atomic E-state index is 0.0686. The number of carbonyl (C=O) groups is 2. The SMILES string of the molecule is Cn1cnnc1C1CCN(C(=O)[C@@H]2C[C@@H](NC(=O)CC3CCCC3)CN2)CC1. The smallest absolute Gasteiger partial charge is 0.239 e. The number of hydrogen-bond donors (Lipinski definition) is 2. The summed E-state index contributed by atoms with van der Waals surface area (Å²) in [6.45, 7) is 2.20. The lowest BCUT2D eigenvalue weighted by Crippen LogP contribution is -2.46. The first kappa shape index (κ1) is 19.4. The average Bonchev–Trinajstić information content (AvgIpc) is 3.44. The van der Waals surface area contributed by atoms with Crippen LogP contribution in [-0.2, 0) is 16.6 Å². The molecule has 1 saturated carbocycles. The Hall–Kier alpha value is -1.96. The van der Waals surface area contributed by atoms with Crippen LogP contribution in [0.5, 0.6) is 0 Å². The van der Waals surface area contributed by atoms with Gasteiger partial charge >= 0.3 is 0 Å². The van der Waals surface area contributed by atoms with Gasteiger partial charge in [0.15, 0.2) is 0 Å². The molecule has 3 aliphatic rings. The molecule has 8 nitrogen and oxygen atoms in total. The van der Waals surface area contributed by atoms with E-state index in [-0.39, 0.29) is 23.9 Å². The van der Waals surface area contributed by atoms with E-state index in [1.54, 1.807) is 6.33 Å². The van der Waals surface area contributed by atoms with Crippen LogP contribution >= 0.6 is 0 Å². The molecule has 1 aromatic rings. The third-order valence-electron chi connectivity index (χ3n) is 6.66. The van der Waals surface area contributed by atoms with E-state index in [4.69, 9.17) is 0 Å². The van der Waals surface area contributed by atoms with Gasteiger partial charge in [0, 0.05) is 45.1 Å². The highest BCUT2D eigenvalue weighted by molar-refractivity contribution is 5.83. The summed E-state index contributed by atoms with van der Waals surface area (Å²) in [6, 6.07) is -0.109. The number of nitrogens with one attached hydrogen (secondary N) is 2. The maximum Gasteiger partial charge on any atom is 0.239 e. The molecule has 0 aromatic carbocycles. The molecule has 154 valence electrons. The maximum absolute atomic E-state index is 12.9. The number of likely N-dealkylation sites (tertiary alicyclic amines) is 1. The van der Waals surface area contributed by atoms with Gasteiger partial charge in [-0.05, 0) is 38.0 Å². The highest BCUT2D eigenvalue weighted by atomic mass is 16.2. The highest BCUT2D eigenvalue weighted by Gasteiger charge is 2.35. The molecule has 2 aliphatic heterocycles. The topological polar surface area (TPSA) is 92.2 Å². The lowest BCUT2D eigenvalue weighted by atomic mass is 9.95. The molecule has 2 amide bonds. The molecule has 0 spiro atoms. The van der Waals surface area contributed by atoms with E-state index in [0.29, 0.717) is 31.2 Å². The zero-order valence-corrected chi connectivity index (χ0v) is 16.8. The van der Waals surface area contributed by atoms with Crippen molar-refractivity contribution in [2.75, 3.05) is 19.6 Å².